The summed E-state index contributed by atoms with van der Waals surface area (Å²) in [5, 5.41) is 0. The number of hydrogen-bond acceptors (Lipinski definition) is 1. The van der Waals surface area contributed by atoms with E-state index in [1.165, 1.54) is 12.0 Å². The van der Waals surface area contributed by atoms with Gasteiger partial charge in [0.1, 0.15) is 0 Å². The fraction of sp³-hybridized carbons (Fsp3) is 0.556. The number of allylic oxidation sites excluding steroid dienone is 3. The van der Waals surface area contributed by atoms with Gasteiger partial charge in [-0.3, -0.25) is 0 Å². The molecule has 0 amide bonds. The Balaban J connectivity index is 2.41. The van der Waals surface area contributed by atoms with Gasteiger partial charge in [0, 0.05) is 0 Å². The van der Waals surface area contributed by atoms with Gasteiger partial charge in [0.15, 0.2) is 0 Å². The lowest BCUT2D eigenvalue weighted by Gasteiger charge is -2.15. The standard InChI is InChI=1S/C9H16OSi/c1-11(2,3)10-8-9-6-4-5-7-9/h4,6,8H,5,7H2,1-3H3/b9-8-. The fourth-order valence-corrected chi connectivity index (χ4v) is 1.42. The highest BCUT2D eigenvalue weighted by atomic mass is 28.4. The smallest absolute Gasteiger partial charge is 0.241 e. The van der Waals surface area contributed by atoms with E-state index in [0.29, 0.717) is 0 Å². The molecule has 0 bridgehead atoms. The van der Waals surface area contributed by atoms with Crippen molar-refractivity contribution in [2.45, 2.75) is 32.5 Å². The van der Waals surface area contributed by atoms with Crippen molar-refractivity contribution in [3.05, 3.63) is 24.0 Å². The highest BCUT2D eigenvalue weighted by molar-refractivity contribution is 6.69. The number of rotatable bonds is 2. The molecule has 1 aliphatic carbocycles. The molecule has 62 valence electrons. The van der Waals surface area contributed by atoms with Crippen LogP contribution >= 0.6 is 0 Å². The van der Waals surface area contributed by atoms with Crippen LogP contribution in [-0.2, 0) is 4.43 Å². The molecule has 2 heteroatoms. The van der Waals surface area contributed by atoms with Crippen molar-refractivity contribution >= 4 is 8.32 Å². The van der Waals surface area contributed by atoms with Crippen LogP contribution in [0, 0.1) is 0 Å². The van der Waals surface area contributed by atoms with Crippen LogP contribution in [0.3, 0.4) is 0 Å². The summed E-state index contributed by atoms with van der Waals surface area (Å²) in [6.45, 7) is 6.59. The van der Waals surface area contributed by atoms with E-state index in [4.69, 9.17) is 4.43 Å². The monoisotopic (exact) mass is 168 g/mol. The van der Waals surface area contributed by atoms with E-state index in [2.05, 4.69) is 31.8 Å². The van der Waals surface area contributed by atoms with E-state index in [1.807, 2.05) is 6.26 Å². The maximum absolute atomic E-state index is 5.64. The highest BCUT2D eigenvalue weighted by Gasteiger charge is 2.13. The first-order valence-corrected chi connectivity index (χ1v) is 7.52. The van der Waals surface area contributed by atoms with Crippen LogP contribution < -0.4 is 0 Å². The van der Waals surface area contributed by atoms with Crippen molar-refractivity contribution in [2.24, 2.45) is 0 Å². The lowest BCUT2D eigenvalue weighted by molar-refractivity contribution is 0.474. The van der Waals surface area contributed by atoms with E-state index >= 15 is 0 Å². The molecule has 1 aliphatic rings. The average Bonchev–Trinajstić information content (AvgIpc) is 2.32. The van der Waals surface area contributed by atoms with Crippen LogP contribution in [0.1, 0.15) is 12.8 Å². The first kappa shape index (κ1) is 8.59. The van der Waals surface area contributed by atoms with Crippen molar-refractivity contribution in [3.8, 4) is 0 Å². The second-order valence-electron chi connectivity index (χ2n) is 3.86. The Bertz CT molecular complexity index is 186. The van der Waals surface area contributed by atoms with Gasteiger partial charge in [0.25, 0.3) is 0 Å². The summed E-state index contributed by atoms with van der Waals surface area (Å²) in [6, 6.07) is 0. The maximum atomic E-state index is 5.64. The molecular formula is C9H16OSi. The van der Waals surface area contributed by atoms with E-state index in [1.54, 1.807) is 0 Å². The quantitative estimate of drug-likeness (QED) is 0.455. The third-order valence-electron chi connectivity index (χ3n) is 1.50. The van der Waals surface area contributed by atoms with Crippen molar-refractivity contribution in [1.82, 2.24) is 0 Å². The topological polar surface area (TPSA) is 9.23 Å². The summed E-state index contributed by atoms with van der Waals surface area (Å²) in [4.78, 5) is 0. The van der Waals surface area contributed by atoms with Crippen LogP contribution in [0.2, 0.25) is 19.6 Å². The average molecular weight is 168 g/mol. The Labute approximate surface area is 69.9 Å². The first-order chi connectivity index (χ1) is 5.08. The predicted molar refractivity (Wildman–Crippen MR) is 50.9 cm³/mol. The lowest BCUT2D eigenvalue weighted by atomic mass is 10.3. The molecule has 0 aromatic carbocycles. The molecule has 11 heavy (non-hydrogen) atoms. The molecule has 0 N–H and O–H groups in total. The molecular weight excluding hydrogens is 152 g/mol. The lowest BCUT2D eigenvalue weighted by Crippen LogP contribution is -2.22. The molecule has 0 aliphatic heterocycles. The zero-order chi connectivity index (χ0) is 8.32. The molecule has 1 nitrogen and oxygen atoms in total. The second kappa shape index (κ2) is 3.26. The normalized spacial score (nSPS) is 21.2. The van der Waals surface area contributed by atoms with E-state index in [9.17, 15) is 0 Å². The molecule has 0 atom stereocenters. The van der Waals surface area contributed by atoms with Gasteiger partial charge >= 0.3 is 0 Å². The van der Waals surface area contributed by atoms with E-state index in [-0.39, 0.29) is 0 Å². The van der Waals surface area contributed by atoms with Crippen molar-refractivity contribution in [1.29, 1.82) is 0 Å². The Morgan fingerprint density at radius 2 is 2.18 bits per heavy atom. The Kier molecular flexibility index (Phi) is 2.55. The third-order valence-corrected chi connectivity index (χ3v) is 2.32. The minimum absolute atomic E-state index is 1.16. The van der Waals surface area contributed by atoms with Crippen molar-refractivity contribution in [2.75, 3.05) is 0 Å². The Morgan fingerprint density at radius 3 is 2.64 bits per heavy atom. The number of hydrogen-bond donors (Lipinski definition) is 0. The van der Waals surface area contributed by atoms with E-state index < -0.39 is 8.32 Å². The first-order valence-electron chi connectivity index (χ1n) is 4.11. The van der Waals surface area contributed by atoms with Gasteiger partial charge < -0.3 is 4.43 Å². The summed E-state index contributed by atoms with van der Waals surface area (Å²) in [6.07, 6.45) is 8.63. The molecule has 1 rings (SSSR count). The molecule has 0 radical (unpaired) electrons. The molecule has 0 aromatic rings. The maximum Gasteiger partial charge on any atom is 0.241 e. The SMILES string of the molecule is C[Si](C)(C)O/C=C1/C=CCC1. The van der Waals surface area contributed by atoms with Gasteiger partial charge in [-0.25, -0.2) is 0 Å². The summed E-state index contributed by atoms with van der Waals surface area (Å²) in [5.74, 6) is 0. The highest BCUT2D eigenvalue weighted by Crippen LogP contribution is 2.16. The van der Waals surface area contributed by atoms with Crippen LogP contribution in [0.4, 0.5) is 0 Å². The summed E-state index contributed by atoms with van der Waals surface area (Å²) in [7, 11) is -1.34. The van der Waals surface area contributed by atoms with Crippen LogP contribution in [0.25, 0.3) is 0 Å². The largest absolute Gasteiger partial charge is 0.549 e. The summed E-state index contributed by atoms with van der Waals surface area (Å²) < 4.78 is 5.64. The summed E-state index contributed by atoms with van der Waals surface area (Å²) in [5.41, 5.74) is 1.34. The van der Waals surface area contributed by atoms with Gasteiger partial charge in [-0.15, -0.1) is 0 Å². The van der Waals surface area contributed by atoms with Gasteiger partial charge in [0.2, 0.25) is 8.32 Å². The molecule has 0 spiro atoms. The minimum Gasteiger partial charge on any atom is -0.549 e. The van der Waals surface area contributed by atoms with Crippen LogP contribution in [0.5, 0.6) is 0 Å². The van der Waals surface area contributed by atoms with Crippen molar-refractivity contribution in [3.63, 3.8) is 0 Å². The summed E-state index contributed by atoms with van der Waals surface area (Å²) >= 11 is 0. The third kappa shape index (κ3) is 3.42. The molecule has 0 unspecified atom stereocenters. The predicted octanol–water partition coefficient (Wildman–Crippen LogP) is 3.07. The molecule has 0 saturated carbocycles. The zero-order valence-electron chi connectivity index (χ0n) is 7.55. The van der Waals surface area contributed by atoms with Crippen molar-refractivity contribution < 1.29 is 4.43 Å². The Hall–Kier alpha value is -0.503. The van der Waals surface area contributed by atoms with Crippen LogP contribution in [0.15, 0.2) is 24.0 Å². The minimum atomic E-state index is -1.34. The zero-order valence-corrected chi connectivity index (χ0v) is 8.55. The molecule has 0 aromatic heterocycles. The second-order valence-corrected chi connectivity index (χ2v) is 8.32. The molecule has 0 saturated heterocycles. The van der Waals surface area contributed by atoms with Gasteiger partial charge in [-0.2, -0.15) is 0 Å². The van der Waals surface area contributed by atoms with E-state index in [0.717, 1.165) is 6.42 Å². The fourth-order valence-electron chi connectivity index (χ4n) is 0.919. The Morgan fingerprint density at radius 1 is 1.45 bits per heavy atom. The van der Waals surface area contributed by atoms with Gasteiger partial charge in [0.05, 0.1) is 6.26 Å². The molecule has 0 heterocycles. The van der Waals surface area contributed by atoms with Gasteiger partial charge in [-0.1, -0.05) is 12.2 Å². The molecule has 0 fully saturated rings. The van der Waals surface area contributed by atoms with Crippen LogP contribution in [-0.4, -0.2) is 8.32 Å². The van der Waals surface area contributed by atoms with Gasteiger partial charge in [-0.05, 0) is 38.1 Å².